The summed E-state index contributed by atoms with van der Waals surface area (Å²) in [4.78, 5) is 29.8. The number of terminal acetylenes is 1. The molecule has 0 aliphatic rings. The molecule has 0 bridgehead atoms. The predicted octanol–water partition coefficient (Wildman–Crippen LogP) is 0.525. The zero-order valence-electron chi connectivity index (χ0n) is 15.6. The van der Waals surface area contributed by atoms with Gasteiger partial charge in [0.15, 0.2) is 17.0 Å². The first-order valence-electron chi connectivity index (χ1n) is 8.51. The number of fused-ring (bicyclic) bond motifs is 1. The molecule has 0 saturated carbocycles. The summed E-state index contributed by atoms with van der Waals surface area (Å²) in [5, 5.41) is 0. The summed E-state index contributed by atoms with van der Waals surface area (Å²) in [6.07, 6.45) is 5.52. The van der Waals surface area contributed by atoms with Crippen molar-refractivity contribution in [3.8, 4) is 29.9 Å². The van der Waals surface area contributed by atoms with Gasteiger partial charge in [-0.1, -0.05) is 24.2 Å². The fourth-order valence-electron chi connectivity index (χ4n) is 2.86. The quantitative estimate of drug-likeness (QED) is 0.495. The predicted molar refractivity (Wildman–Crippen MR) is 108 cm³/mol. The van der Waals surface area contributed by atoms with E-state index in [1.165, 1.54) is 4.57 Å². The monoisotopic (exact) mass is 372 g/mol. The standard InChI is InChI=1S/C20H17BN4O3/c1-4-11-25-19(26)17-18(24(12-10-21)20(25)27)22-16(23(17)2)9-8-14-6-5-7-15(13-14)28-3/h1,5-7,13H,10-12H2,2-3H3. The van der Waals surface area contributed by atoms with E-state index in [0.29, 0.717) is 11.6 Å². The molecule has 8 heteroatoms. The van der Waals surface area contributed by atoms with Crippen molar-refractivity contribution in [3.63, 3.8) is 0 Å². The third kappa shape index (κ3) is 3.33. The highest BCUT2D eigenvalue weighted by Crippen LogP contribution is 2.13. The Balaban J connectivity index is 2.23. The van der Waals surface area contributed by atoms with E-state index < -0.39 is 11.2 Å². The molecule has 3 rings (SSSR count). The summed E-state index contributed by atoms with van der Waals surface area (Å²) in [5.74, 6) is 9.31. The van der Waals surface area contributed by atoms with E-state index >= 15 is 0 Å². The Kier molecular flexibility index (Phi) is 5.42. The largest absolute Gasteiger partial charge is 0.497 e. The van der Waals surface area contributed by atoms with Gasteiger partial charge >= 0.3 is 5.69 Å². The number of ether oxygens (including phenoxy) is 1. The normalized spacial score (nSPS) is 10.3. The van der Waals surface area contributed by atoms with Crippen molar-refractivity contribution in [1.82, 2.24) is 18.7 Å². The van der Waals surface area contributed by atoms with Gasteiger partial charge in [0.2, 0.25) is 0 Å². The number of imidazole rings is 1. The van der Waals surface area contributed by atoms with Gasteiger partial charge in [-0.05, 0) is 24.1 Å². The Morgan fingerprint density at radius 1 is 1.25 bits per heavy atom. The van der Waals surface area contributed by atoms with Crippen LogP contribution in [0.15, 0.2) is 33.9 Å². The summed E-state index contributed by atoms with van der Waals surface area (Å²) in [6.45, 7) is 0.0775. The average molecular weight is 372 g/mol. The Labute approximate surface area is 163 Å². The molecule has 1 aromatic carbocycles. The van der Waals surface area contributed by atoms with Crippen LogP contribution in [0, 0.1) is 24.2 Å². The first-order valence-corrected chi connectivity index (χ1v) is 8.51. The summed E-state index contributed by atoms with van der Waals surface area (Å²) in [7, 11) is 8.88. The van der Waals surface area contributed by atoms with E-state index in [4.69, 9.17) is 19.0 Å². The van der Waals surface area contributed by atoms with E-state index in [-0.39, 0.29) is 30.6 Å². The van der Waals surface area contributed by atoms with Crippen LogP contribution in [0.2, 0.25) is 6.32 Å². The highest BCUT2D eigenvalue weighted by molar-refractivity contribution is 6.08. The van der Waals surface area contributed by atoms with E-state index in [2.05, 4.69) is 22.7 Å². The lowest BCUT2D eigenvalue weighted by Crippen LogP contribution is -2.40. The van der Waals surface area contributed by atoms with Gasteiger partial charge in [-0.25, -0.2) is 14.3 Å². The number of hydrogen-bond acceptors (Lipinski definition) is 4. The Morgan fingerprint density at radius 3 is 2.71 bits per heavy atom. The van der Waals surface area contributed by atoms with Gasteiger partial charge in [-0.3, -0.25) is 9.36 Å². The number of methoxy groups -OCH3 is 1. The van der Waals surface area contributed by atoms with Gasteiger partial charge in [0.25, 0.3) is 5.56 Å². The summed E-state index contributed by atoms with van der Waals surface area (Å²) in [6, 6.07) is 7.27. The number of nitrogens with zero attached hydrogens (tertiary/aromatic N) is 4. The molecule has 0 aliphatic heterocycles. The van der Waals surface area contributed by atoms with Crippen LogP contribution < -0.4 is 16.0 Å². The number of benzene rings is 1. The van der Waals surface area contributed by atoms with Crippen molar-refractivity contribution >= 4 is 19.0 Å². The van der Waals surface area contributed by atoms with Crippen molar-refractivity contribution in [2.75, 3.05) is 7.11 Å². The van der Waals surface area contributed by atoms with Crippen LogP contribution in [0.25, 0.3) is 11.2 Å². The SMILES string of the molecule is [B]CCn1c(=O)n(CC#C)c(=O)c2c1nc(C#Cc1cccc(OC)c1)n2C. The van der Waals surface area contributed by atoms with Crippen LogP contribution in [0.5, 0.6) is 5.75 Å². The second-order valence-corrected chi connectivity index (χ2v) is 5.97. The molecule has 2 aromatic heterocycles. The molecule has 0 saturated heterocycles. The van der Waals surface area contributed by atoms with Crippen LogP contribution >= 0.6 is 0 Å². The van der Waals surface area contributed by atoms with Crippen LogP contribution in [-0.4, -0.2) is 33.6 Å². The number of rotatable bonds is 4. The smallest absolute Gasteiger partial charge is 0.333 e. The number of aryl methyl sites for hydroxylation is 2. The molecule has 0 spiro atoms. The third-order valence-corrected chi connectivity index (χ3v) is 4.23. The van der Waals surface area contributed by atoms with Crippen molar-refractivity contribution in [3.05, 3.63) is 56.5 Å². The molecule has 0 amide bonds. The molecule has 3 aromatic rings. The van der Waals surface area contributed by atoms with Crippen molar-refractivity contribution in [1.29, 1.82) is 0 Å². The summed E-state index contributed by atoms with van der Waals surface area (Å²) >= 11 is 0. The Bertz CT molecular complexity index is 1270. The molecule has 28 heavy (non-hydrogen) atoms. The van der Waals surface area contributed by atoms with Gasteiger partial charge < -0.3 is 9.30 Å². The highest BCUT2D eigenvalue weighted by atomic mass is 16.5. The molecule has 7 nitrogen and oxygen atoms in total. The van der Waals surface area contributed by atoms with Gasteiger partial charge in [0.1, 0.15) is 5.75 Å². The van der Waals surface area contributed by atoms with Gasteiger partial charge in [-0.2, -0.15) is 0 Å². The molecule has 0 fully saturated rings. The molecule has 138 valence electrons. The average Bonchev–Trinajstić information content (AvgIpc) is 3.03. The molecule has 0 atom stereocenters. The zero-order valence-corrected chi connectivity index (χ0v) is 15.6. The van der Waals surface area contributed by atoms with Crippen LogP contribution in [0.3, 0.4) is 0 Å². The van der Waals surface area contributed by atoms with Gasteiger partial charge in [0.05, 0.1) is 21.5 Å². The lowest BCUT2D eigenvalue weighted by atomic mass is 10.1. The third-order valence-electron chi connectivity index (χ3n) is 4.23. The van der Waals surface area contributed by atoms with E-state index in [1.807, 2.05) is 18.2 Å². The van der Waals surface area contributed by atoms with Crippen molar-refractivity contribution < 1.29 is 4.74 Å². The van der Waals surface area contributed by atoms with Crippen LogP contribution in [-0.2, 0) is 20.1 Å². The minimum absolute atomic E-state index is 0.131. The second kappa shape index (κ2) is 7.93. The summed E-state index contributed by atoms with van der Waals surface area (Å²) < 4.78 is 9.10. The molecule has 0 unspecified atom stereocenters. The lowest BCUT2D eigenvalue weighted by molar-refractivity contribution is 0.414. The van der Waals surface area contributed by atoms with E-state index in [1.54, 1.807) is 24.8 Å². The molecule has 2 heterocycles. The molecule has 0 N–H and O–H groups in total. The minimum atomic E-state index is -0.536. The van der Waals surface area contributed by atoms with Gasteiger partial charge in [0, 0.05) is 19.2 Å². The Morgan fingerprint density at radius 2 is 2.04 bits per heavy atom. The fourth-order valence-corrected chi connectivity index (χ4v) is 2.86. The second-order valence-electron chi connectivity index (χ2n) is 5.97. The molecular weight excluding hydrogens is 355 g/mol. The first kappa shape index (κ1) is 19.1. The zero-order chi connectivity index (χ0) is 20.3. The molecular formula is C20H17BN4O3. The van der Waals surface area contributed by atoms with E-state index in [0.717, 1.165) is 10.1 Å². The first-order chi connectivity index (χ1) is 13.5. The van der Waals surface area contributed by atoms with Crippen molar-refractivity contribution in [2.24, 2.45) is 7.05 Å². The Hall–Kier alpha value is -3.65. The maximum absolute atomic E-state index is 12.8. The van der Waals surface area contributed by atoms with E-state index in [9.17, 15) is 9.59 Å². The van der Waals surface area contributed by atoms with Gasteiger partial charge in [-0.15, -0.1) is 6.42 Å². The lowest BCUT2D eigenvalue weighted by Gasteiger charge is -2.09. The number of hydrogen-bond donors (Lipinski definition) is 0. The topological polar surface area (TPSA) is 71.1 Å². The fraction of sp³-hybridized carbons (Fsp3) is 0.250. The molecule has 0 aliphatic carbocycles. The van der Waals surface area contributed by atoms with Crippen molar-refractivity contribution in [2.45, 2.75) is 19.4 Å². The highest BCUT2D eigenvalue weighted by Gasteiger charge is 2.18. The van der Waals surface area contributed by atoms with Crippen LogP contribution in [0.4, 0.5) is 0 Å². The number of aromatic nitrogens is 4. The summed E-state index contributed by atoms with van der Waals surface area (Å²) in [5.41, 5.74) is 0.182. The minimum Gasteiger partial charge on any atom is -0.497 e. The maximum atomic E-state index is 12.8. The van der Waals surface area contributed by atoms with Crippen LogP contribution in [0.1, 0.15) is 11.4 Å². The maximum Gasteiger partial charge on any atom is 0.333 e. The molecule has 2 radical (unpaired) electrons.